The van der Waals surface area contributed by atoms with Crippen molar-refractivity contribution in [3.05, 3.63) is 22.2 Å². The molecule has 0 aliphatic carbocycles. The zero-order valence-electron chi connectivity index (χ0n) is 14.0. The molecule has 1 unspecified atom stereocenters. The molecule has 0 bridgehead atoms. The molecule has 1 aromatic carbocycles. The van der Waals surface area contributed by atoms with E-state index in [1.807, 2.05) is 12.1 Å². The Hall–Kier alpha value is -1.43. The molecular formula is C16H26BrN3O2. The van der Waals surface area contributed by atoms with Crippen molar-refractivity contribution in [2.45, 2.75) is 39.8 Å². The quantitative estimate of drug-likeness (QED) is 0.570. The smallest absolute Gasteiger partial charge is 0.191 e. The lowest BCUT2D eigenvalue weighted by Crippen LogP contribution is -2.41. The number of hydrogen-bond donors (Lipinski definition) is 2. The highest BCUT2D eigenvalue weighted by atomic mass is 79.9. The van der Waals surface area contributed by atoms with Gasteiger partial charge in [0.1, 0.15) is 0 Å². The van der Waals surface area contributed by atoms with Crippen LogP contribution in [-0.4, -0.2) is 32.8 Å². The summed E-state index contributed by atoms with van der Waals surface area (Å²) in [6.45, 7) is 7.72. The molecule has 0 radical (unpaired) electrons. The van der Waals surface area contributed by atoms with Crippen LogP contribution in [0, 0.1) is 0 Å². The molecule has 0 saturated heterocycles. The second-order valence-corrected chi connectivity index (χ2v) is 5.80. The van der Waals surface area contributed by atoms with Crippen molar-refractivity contribution >= 4 is 21.9 Å². The Morgan fingerprint density at radius 1 is 1.23 bits per heavy atom. The second kappa shape index (κ2) is 9.56. The van der Waals surface area contributed by atoms with E-state index in [0.717, 1.165) is 29.0 Å². The number of benzene rings is 1. The number of guanidine groups is 1. The SMILES string of the molecule is CCNC(=NCc1cc(OC)c(OC)cc1Br)NC(C)CC. The summed E-state index contributed by atoms with van der Waals surface area (Å²) >= 11 is 3.56. The van der Waals surface area contributed by atoms with Gasteiger partial charge in [0.05, 0.1) is 20.8 Å². The van der Waals surface area contributed by atoms with Crippen LogP contribution in [0.15, 0.2) is 21.6 Å². The lowest BCUT2D eigenvalue weighted by atomic mass is 10.2. The summed E-state index contributed by atoms with van der Waals surface area (Å²) in [6, 6.07) is 4.23. The number of methoxy groups -OCH3 is 2. The number of rotatable bonds is 7. The molecule has 22 heavy (non-hydrogen) atoms. The van der Waals surface area contributed by atoms with Crippen molar-refractivity contribution in [3.8, 4) is 11.5 Å². The fraction of sp³-hybridized carbons (Fsp3) is 0.562. The van der Waals surface area contributed by atoms with Gasteiger partial charge < -0.3 is 20.1 Å². The van der Waals surface area contributed by atoms with E-state index in [1.54, 1.807) is 14.2 Å². The summed E-state index contributed by atoms with van der Waals surface area (Å²) in [4.78, 5) is 4.63. The first kappa shape index (κ1) is 18.6. The minimum Gasteiger partial charge on any atom is -0.493 e. The van der Waals surface area contributed by atoms with Gasteiger partial charge >= 0.3 is 0 Å². The molecule has 5 nitrogen and oxygen atoms in total. The Morgan fingerprint density at radius 3 is 2.41 bits per heavy atom. The number of ether oxygens (including phenoxy) is 2. The summed E-state index contributed by atoms with van der Waals surface area (Å²) in [6.07, 6.45) is 1.05. The molecule has 1 atom stereocenters. The Labute approximate surface area is 141 Å². The van der Waals surface area contributed by atoms with E-state index in [-0.39, 0.29) is 0 Å². The van der Waals surface area contributed by atoms with Crippen LogP contribution in [-0.2, 0) is 6.54 Å². The lowest BCUT2D eigenvalue weighted by molar-refractivity contribution is 0.354. The number of nitrogens with one attached hydrogen (secondary N) is 2. The molecule has 0 aliphatic rings. The molecule has 1 rings (SSSR count). The topological polar surface area (TPSA) is 54.9 Å². The Kier molecular flexibility index (Phi) is 8.09. The van der Waals surface area contributed by atoms with E-state index < -0.39 is 0 Å². The van der Waals surface area contributed by atoms with E-state index >= 15 is 0 Å². The predicted molar refractivity (Wildman–Crippen MR) is 95.0 cm³/mol. The van der Waals surface area contributed by atoms with Gasteiger partial charge in [-0.3, -0.25) is 0 Å². The van der Waals surface area contributed by atoms with Gasteiger partial charge in [0, 0.05) is 17.1 Å². The van der Waals surface area contributed by atoms with E-state index in [4.69, 9.17) is 9.47 Å². The molecule has 0 amide bonds. The van der Waals surface area contributed by atoms with Gasteiger partial charge in [-0.05, 0) is 38.0 Å². The second-order valence-electron chi connectivity index (χ2n) is 4.95. The number of hydrogen-bond acceptors (Lipinski definition) is 3. The van der Waals surface area contributed by atoms with Crippen molar-refractivity contribution in [1.29, 1.82) is 0 Å². The maximum Gasteiger partial charge on any atom is 0.191 e. The van der Waals surface area contributed by atoms with Gasteiger partial charge in [0.15, 0.2) is 17.5 Å². The van der Waals surface area contributed by atoms with Crippen molar-refractivity contribution in [3.63, 3.8) is 0 Å². The number of nitrogens with zero attached hydrogens (tertiary/aromatic N) is 1. The van der Waals surface area contributed by atoms with Gasteiger partial charge in [-0.2, -0.15) is 0 Å². The molecule has 0 aliphatic heterocycles. The van der Waals surface area contributed by atoms with Crippen LogP contribution in [0.2, 0.25) is 0 Å². The van der Waals surface area contributed by atoms with Crippen LogP contribution < -0.4 is 20.1 Å². The summed E-state index contributed by atoms with van der Waals surface area (Å²) in [7, 11) is 3.26. The van der Waals surface area contributed by atoms with Gasteiger partial charge in [-0.15, -0.1) is 0 Å². The first-order valence-electron chi connectivity index (χ1n) is 7.50. The number of halogens is 1. The van der Waals surface area contributed by atoms with Crippen LogP contribution in [0.1, 0.15) is 32.8 Å². The van der Waals surface area contributed by atoms with Crippen LogP contribution in [0.25, 0.3) is 0 Å². The lowest BCUT2D eigenvalue weighted by Gasteiger charge is -2.16. The molecule has 0 aromatic heterocycles. The average molecular weight is 372 g/mol. The van der Waals surface area contributed by atoms with Crippen molar-refractivity contribution in [2.75, 3.05) is 20.8 Å². The number of aliphatic imine (C=N–C) groups is 1. The third-order valence-electron chi connectivity index (χ3n) is 3.30. The van der Waals surface area contributed by atoms with Crippen molar-refractivity contribution in [2.24, 2.45) is 4.99 Å². The van der Waals surface area contributed by atoms with Crippen LogP contribution in [0.5, 0.6) is 11.5 Å². The summed E-state index contributed by atoms with van der Waals surface area (Å²) in [5.74, 6) is 2.22. The molecular weight excluding hydrogens is 346 g/mol. The molecule has 124 valence electrons. The van der Waals surface area contributed by atoms with Gasteiger partial charge in [-0.25, -0.2) is 4.99 Å². The monoisotopic (exact) mass is 371 g/mol. The highest BCUT2D eigenvalue weighted by molar-refractivity contribution is 9.10. The zero-order chi connectivity index (χ0) is 16.5. The molecule has 0 heterocycles. The van der Waals surface area contributed by atoms with Gasteiger partial charge in [0.25, 0.3) is 0 Å². The maximum atomic E-state index is 5.34. The highest BCUT2D eigenvalue weighted by Gasteiger charge is 2.10. The first-order chi connectivity index (χ1) is 10.5. The molecule has 0 spiro atoms. The molecule has 0 saturated carbocycles. The van der Waals surface area contributed by atoms with Crippen LogP contribution in [0.4, 0.5) is 0 Å². The standard InChI is InChI=1S/C16H26BrN3O2/c1-6-11(3)20-16(18-7-2)19-10-12-8-14(21-4)15(22-5)9-13(12)17/h8-9,11H,6-7,10H2,1-5H3,(H2,18,19,20). The summed E-state index contributed by atoms with van der Waals surface area (Å²) in [5, 5.41) is 6.63. The van der Waals surface area contributed by atoms with Crippen LogP contribution in [0.3, 0.4) is 0 Å². The Balaban J connectivity index is 2.93. The highest BCUT2D eigenvalue weighted by Crippen LogP contribution is 2.33. The summed E-state index contributed by atoms with van der Waals surface area (Å²) < 4.78 is 11.6. The van der Waals surface area contributed by atoms with Crippen molar-refractivity contribution in [1.82, 2.24) is 10.6 Å². The minimum absolute atomic E-state index is 0.381. The molecule has 0 fully saturated rings. The first-order valence-corrected chi connectivity index (χ1v) is 8.30. The Bertz CT molecular complexity index is 506. The maximum absolute atomic E-state index is 5.34. The average Bonchev–Trinajstić information content (AvgIpc) is 2.53. The van der Waals surface area contributed by atoms with E-state index in [9.17, 15) is 0 Å². The largest absolute Gasteiger partial charge is 0.493 e. The summed E-state index contributed by atoms with van der Waals surface area (Å²) in [5.41, 5.74) is 1.04. The zero-order valence-corrected chi connectivity index (χ0v) is 15.6. The molecule has 2 N–H and O–H groups in total. The fourth-order valence-corrected chi connectivity index (χ4v) is 2.28. The normalized spacial score (nSPS) is 12.7. The molecule has 6 heteroatoms. The third-order valence-corrected chi connectivity index (χ3v) is 4.04. The van der Waals surface area contributed by atoms with E-state index in [2.05, 4.69) is 52.3 Å². The van der Waals surface area contributed by atoms with Gasteiger partial charge in [-0.1, -0.05) is 22.9 Å². The van der Waals surface area contributed by atoms with Crippen LogP contribution >= 0.6 is 15.9 Å². The Morgan fingerprint density at radius 2 is 1.86 bits per heavy atom. The predicted octanol–water partition coefficient (Wildman–Crippen LogP) is 3.32. The third kappa shape index (κ3) is 5.40. The van der Waals surface area contributed by atoms with E-state index in [0.29, 0.717) is 24.1 Å². The van der Waals surface area contributed by atoms with Gasteiger partial charge in [0.2, 0.25) is 0 Å². The van der Waals surface area contributed by atoms with E-state index in [1.165, 1.54) is 0 Å². The minimum atomic E-state index is 0.381. The fourth-order valence-electron chi connectivity index (χ4n) is 1.84. The molecule has 1 aromatic rings. The van der Waals surface area contributed by atoms with Crippen molar-refractivity contribution < 1.29 is 9.47 Å².